The molecule has 2 saturated carbocycles. The van der Waals surface area contributed by atoms with Gasteiger partial charge in [0, 0.05) is 12.6 Å². The third kappa shape index (κ3) is 2.89. The smallest absolute Gasteiger partial charge is 0.335 e. The Morgan fingerprint density at radius 1 is 1.29 bits per heavy atom. The summed E-state index contributed by atoms with van der Waals surface area (Å²) in [7, 11) is -3.65. The average Bonchev–Trinajstić information content (AvgIpc) is 3.27. The first-order chi connectivity index (χ1) is 9.89. The van der Waals surface area contributed by atoms with Gasteiger partial charge in [-0.15, -0.1) is 0 Å². The van der Waals surface area contributed by atoms with E-state index < -0.39 is 16.0 Å². The number of carboxylic acid groups (broad SMARTS) is 1. The van der Waals surface area contributed by atoms with Crippen molar-refractivity contribution in [1.82, 2.24) is 4.31 Å². The van der Waals surface area contributed by atoms with E-state index >= 15 is 0 Å². The van der Waals surface area contributed by atoms with Crippen LogP contribution in [0.15, 0.2) is 23.1 Å². The third-order valence-corrected chi connectivity index (χ3v) is 5.92. The molecule has 0 heterocycles. The summed E-state index contributed by atoms with van der Waals surface area (Å²) < 4.78 is 27.1. The first kappa shape index (κ1) is 14.3. The summed E-state index contributed by atoms with van der Waals surface area (Å²) in [5.41, 5.74) is 5.77. The number of aromatic carboxylic acids is 1. The Morgan fingerprint density at radius 3 is 2.43 bits per heavy atom. The first-order valence-electron chi connectivity index (χ1n) is 7.04. The third-order valence-electron chi connectivity index (χ3n) is 3.93. The Labute approximate surface area is 123 Å². The molecule has 0 aromatic heterocycles. The minimum Gasteiger partial charge on any atom is -0.478 e. The number of sulfonamides is 1. The van der Waals surface area contributed by atoms with Crippen LogP contribution < -0.4 is 5.73 Å². The minimum atomic E-state index is -3.65. The summed E-state index contributed by atoms with van der Waals surface area (Å²) in [6.45, 7) is 0.549. The number of nitrogen functional groups attached to an aromatic ring is 1. The summed E-state index contributed by atoms with van der Waals surface area (Å²) in [5.74, 6) is -0.664. The lowest BCUT2D eigenvalue weighted by Crippen LogP contribution is -2.35. The van der Waals surface area contributed by atoms with Gasteiger partial charge in [0.1, 0.15) is 4.90 Å². The molecule has 21 heavy (non-hydrogen) atoms. The fraction of sp³-hybridized carbons (Fsp3) is 0.500. The van der Waals surface area contributed by atoms with Gasteiger partial charge in [0.2, 0.25) is 10.0 Å². The van der Waals surface area contributed by atoms with Crippen LogP contribution in [0.1, 0.15) is 36.0 Å². The highest BCUT2D eigenvalue weighted by atomic mass is 32.2. The van der Waals surface area contributed by atoms with Gasteiger partial charge < -0.3 is 10.8 Å². The van der Waals surface area contributed by atoms with E-state index in [0.29, 0.717) is 12.5 Å². The van der Waals surface area contributed by atoms with E-state index in [1.54, 1.807) is 4.31 Å². The molecule has 0 aliphatic heterocycles. The van der Waals surface area contributed by atoms with E-state index in [2.05, 4.69) is 0 Å². The molecule has 3 N–H and O–H groups in total. The lowest BCUT2D eigenvalue weighted by atomic mass is 10.2. The van der Waals surface area contributed by atoms with Crippen LogP contribution in [-0.2, 0) is 10.0 Å². The standard InChI is InChI=1S/C14H18N2O4S/c15-12-7-10(14(17)18)3-6-13(12)21(19,20)16(11-4-5-11)8-9-1-2-9/h3,6-7,9,11H,1-2,4-5,8,15H2,(H,17,18). The van der Waals surface area contributed by atoms with Crippen molar-refractivity contribution < 1.29 is 18.3 Å². The number of rotatable bonds is 6. The molecule has 0 unspecified atom stereocenters. The van der Waals surface area contributed by atoms with E-state index in [9.17, 15) is 13.2 Å². The van der Waals surface area contributed by atoms with Crippen LogP contribution in [0.25, 0.3) is 0 Å². The number of hydrogen-bond donors (Lipinski definition) is 2. The van der Waals surface area contributed by atoms with Crippen molar-refractivity contribution in [3.63, 3.8) is 0 Å². The summed E-state index contributed by atoms with van der Waals surface area (Å²) >= 11 is 0. The maximum atomic E-state index is 12.8. The molecule has 0 atom stereocenters. The van der Waals surface area contributed by atoms with Crippen molar-refractivity contribution in [3.05, 3.63) is 23.8 Å². The van der Waals surface area contributed by atoms with Gasteiger partial charge in [0.05, 0.1) is 11.3 Å². The predicted molar refractivity (Wildman–Crippen MR) is 77.5 cm³/mol. The molecule has 3 rings (SSSR count). The van der Waals surface area contributed by atoms with Crippen LogP contribution in [0.2, 0.25) is 0 Å². The molecule has 0 spiro atoms. The zero-order chi connectivity index (χ0) is 15.2. The summed E-state index contributed by atoms with van der Waals surface area (Å²) in [6.07, 6.45) is 3.93. The molecule has 2 fully saturated rings. The number of carboxylic acids is 1. The van der Waals surface area contributed by atoms with Crippen LogP contribution in [0, 0.1) is 5.92 Å². The Hall–Kier alpha value is -1.60. The summed E-state index contributed by atoms with van der Waals surface area (Å²) in [5, 5.41) is 8.92. The lowest BCUT2D eigenvalue weighted by Gasteiger charge is -2.22. The fourth-order valence-electron chi connectivity index (χ4n) is 2.40. The number of benzene rings is 1. The molecule has 0 amide bonds. The largest absolute Gasteiger partial charge is 0.478 e. The molecule has 0 saturated heterocycles. The Balaban J connectivity index is 1.94. The van der Waals surface area contributed by atoms with E-state index in [0.717, 1.165) is 25.7 Å². The van der Waals surface area contributed by atoms with Crippen LogP contribution in [0.3, 0.4) is 0 Å². The maximum absolute atomic E-state index is 12.8. The Kier molecular flexibility index (Phi) is 3.41. The molecule has 0 bridgehead atoms. The molecular weight excluding hydrogens is 292 g/mol. The van der Waals surface area contributed by atoms with Gasteiger partial charge in [-0.25, -0.2) is 13.2 Å². The normalized spacial score (nSPS) is 18.9. The highest BCUT2D eigenvalue weighted by molar-refractivity contribution is 7.89. The highest BCUT2D eigenvalue weighted by Crippen LogP contribution is 2.38. The second-order valence-electron chi connectivity index (χ2n) is 5.81. The average molecular weight is 310 g/mol. The monoisotopic (exact) mass is 310 g/mol. The maximum Gasteiger partial charge on any atom is 0.335 e. The topological polar surface area (TPSA) is 101 Å². The highest BCUT2D eigenvalue weighted by Gasteiger charge is 2.41. The van der Waals surface area contributed by atoms with Crippen molar-refractivity contribution in [2.24, 2.45) is 5.92 Å². The molecule has 7 heteroatoms. The number of nitrogens with two attached hydrogens (primary N) is 1. The predicted octanol–water partition coefficient (Wildman–Crippen LogP) is 1.53. The zero-order valence-corrected chi connectivity index (χ0v) is 12.3. The molecular formula is C14H18N2O4S. The van der Waals surface area contributed by atoms with Gasteiger partial charge >= 0.3 is 5.97 Å². The second-order valence-corrected chi connectivity index (χ2v) is 7.67. The van der Waals surface area contributed by atoms with Crippen LogP contribution in [-0.4, -0.2) is 36.4 Å². The van der Waals surface area contributed by atoms with Crippen molar-refractivity contribution >= 4 is 21.7 Å². The van der Waals surface area contributed by atoms with Gasteiger partial charge in [-0.2, -0.15) is 4.31 Å². The molecule has 2 aliphatic rings. The molecule has 6 nitrogen and oxygen atoms in total. The fourth-order valence-corrected chi connectivity index (χ4v) is 4.26. The van der Waals surface area contributed by atoms with Crippen molar-refractivity contribution in [2.45, 2.75) is 36.6 Å². The summed E-state index contributed by atoms with van der Waals surface area (Å²) in [4.78, 5) is 10.9. The lowest BCUT2D eigenvalue weighted by molar-refractivity contribution is 0.0697. The van der Waals surface area contributed by atoms with Crippen LogP contribution in [0.5, 0.6) is 0 Å². The van der Waals surface area contributed by atoms with Gasteiger partial charge in [-0.1, -0.05) is 0 Å². The van der Waals surface area contributed by atoms with Gasteiger partial charge in [-0.05, 0) is 49.8 Å². The van der Waals surface area contributed by atoms with Crippen LogP contribution >= 0.6 is 0 Å². The van der Waals surface area contributed by atoms with E-state index in [1.807, 2.05) is 0 Å². The van der Waals surface area contributed by atoms with Gasteiger partial charge in [0.15, 0.2) is 0 Å². The van der Waals surface area contributed by atoms with E-state index in [4.69, 9.17) is 10.8 Å². The van der Waals surface area contributed by atoms with Gasteiger partial charge in [-0.3, -0.25) is 0 Å². The number of hydrogen-bond acceptors (Lipinski definition) is 4. The van der Waals surface area contributed by atoms with Crippen molar-refractivity contribution in [1.29, 1.82) is 0 Å². The number of carbonyl (C=O) groups is 1. The number of anilines is 1. The van der Waals surface area contributed by atoms with Crippen LogP contribution in [0.4, 0.5) is 5.69 Å². The zero-order valence-electron chi connectivity index (χ0n) is 11.5. The second kappa shape index (κ2) is 4.99. The quantitative estimate of drug-likeness (QED) is 0.776. The number of nitrogens with zero attached hydrogens (tertiary/aromatic N) is 1. The minimum absolute atomic E-state index is 0.00338. The SMILES string of the molecule is Nc1cc(C(=O)O)ccc1S(=O)(=O)N(CC1CC1)C1CC1. The molecule has 2 aliphatic carbocycles. The Morgan fingerprint density at radius 2 is 1.95 bits per heavy atom. The van der Waals surface area contributed by atoms with Crippen molar-refractivity contribution in [3.8, 4) is 0 Å². The molecule has 1 aromatic rings. The molecule has 1 aromatic carbocycles. The first-order valence-corrected chi connectivity index (χ1v) is 8.48. The van der Waals surface area contributed by atoms with Crippen molar-refractivity contribution in [2.75, 3.05) is 12.3 Å². The Bertz CT molecular complexity index is 678. The van der Waals surface area contributed by atoms with Gasteiger partial charge in [0.25, 0.3) is 0 Å². The van der Waals surface area contributed by atoms with E-state index in [1.165, 1.54) is 18.2 Å². The molecule has 114 valence electrons. The summed E-state index contributed by atoms with van der Waals surface area (Å²) in [6, 6.07) is 3.87. The molecule has 0 radical (unpaired) electrons. The van der Waals surface area contributed by atoms with E-state index in [-0.39, 0.29) is 22.2 Å².